The Bertz CT molecular complexity index is 560. The smallest absolute Gasteiger partial charge is 0.265 e. The van der Waals surface area contributed by atoms with Crippen molar-refractivity contribution < 1.29 is 9.59 Å². The topological polar surface area (TPSA) is 74.1 Å². The standard InChI is InChI=1S/C13H15N3O2S/c1-9(17)11-15-6-10(19-11)12(18)16-5-3-4-13(2,7-14)8-16/h6H,3-5,8H2,1-2H3/t13-/m1/s1. The molecule has 2 heterocycles. The maximum Gasteiger partial charge on any atom is 0.265 e. The van der Waals surface area contributed by atoms with Crippen LogP contribution in [0.25, 0.3) is 0 Å². The lowest BCUT2D eigenvalue weighted by molar-refractivity contribution is 0.0634. The van der Waals surface area contributed by atoms with Crippen LogP contribution in [0, 0.1) is 16.7 Å². The van der Waals surface area contributed by atoms with Crippen molar-refractivity contribution in [2.24, 2.45) is 5.41 Å². The number of hydrogen-bond acceptors (Lipinski definition) is 5. The Morgan fingerprint density at radius 3 is 2.89 bits per heavy atom. The summed E-state index contributed by atoms with van der Waals surface area (Å²) in [4.78, 5) is 29.6. The second-order valence-corrected chi connectivity index (χ2v) is 6.12. The van der Waals surface area contributed by atoms with E-state index in [0.29, 0.717) is 23.0 Å². The normalized spacial score (nSPS) is 22.9. The van der Waals surface area contributed by atoms with Gasteiger partial charge in [0.25, 0.3) is 5.91 Å². The maximum atomic E-state index is 12.3. The molecule has 1 fully saturated rings. The van der Waals surface area contributed by atoms with Gasteiger partial charge >= 0.3 is 0 Å². The number of Topliss-reactive ketones (excluding diaryl/α,β-unsaturated/α-hetero) is 1. The van der Waals surface area contributed by atoms with Crippen molar-refractivity contribution in [1.82, 2.24) is 9.88 Å². The van der Waals surface area contributed by atoms with Crippen molar-refractivity contribution in [2.45, 2.75) is 26.7 Å². The highest BCUT2D eigenvalue weighted by atomic mass is 32.1. The average Bonchev–Trinajstić information content (AvgIpc) is 2.87. The highest BCUT2D eigenvalue weighted by molar-refractivity contribution is 7.15. The van der Waals surface area contributed by atoms with Crippen molar-refractivity contribution in [1.29, 1.82) is 5.26 Å². The first-order valence-electron chi connectivity index (χ1n) is 6.12. The Labute approximate surface area is 115 Å². The Hall–Kier alpha value is -1.74. The Morgan fingerprint density at radius 1 is 1.58 bits per heavy atom. The van der Waals surface area contributed by atoms with Gasteiger partial charge in [-0.1, -0.05) is 0 Å². The quantitative estimate of drug-likeness (QED) is 0.776. The van der Waals surface area contributed by atoms with E-state index in [9.17, 15) is 9.59 Å². The molecule has 6 heteroatoms. The number of amides is 1. The molecule has 1 atom stereocenters. The molecule has 1 aliphatic rings. The van der Waals surface area contributed by atoms with E-state index in [1.807, 2.05) is 6.92 Å². The molecular formula is C13H15N3O2S. The molecule has 0 aliphatic carbocycles. The van der Waals surface area contributed by atoms with Gasteiger partial charge in [0.05, 0.1) is 17.7 Å². The fourth-order valence-corrected chi connectivity index (χ4v) is 2.97. The van der Waals surface area contributed by atoms with E-state index in [1.54, 1.807) is 4.90 Å². The average molecular weight is 277 g/mol. The zero-order chi connectivity index (χ0) is 14.0. The van der Waals surface area contributed by atoms with Gasteiger partial charge in [-0.25, -0.2) is 4.98 Å². The zero-order valence-corrected chi connectivity index (χ0v) is 11.8. The van der Waals surface area contributed by atoms with Crippen molar-refractivity contribution >= 4 is 23.0 Å². The van der Waals surface area contributed by atoms with Crippen LogP contribution in [0.3, 0.4) is 0 Å². The molecule has 100 valence electrons. The van der Waals surface area contributed by atoms with E-state index in [-0.39, 0.29) is 11.7 Å². The Balaban J connectivity index is 2.15. The lowest BCUT2D eigenvalue weighted by Gasteiger charge is -2.35. The molecule has 2 rings (SSSR count). The molecule has 0 saturated carbocycles. The van der Waals surface area contributed by atoms with Crippen molar-refractivity contribution in [3.63, 3.8) is 0 Å². The largest absolute Gasteiger partial charge is 0.336 e. The third kappa shape index (κ3) is 2.82. The fourth-order valence-electron chi connectivity index (χ4n) is 2.20. The summed E-state index contributed by atoms with van der Waals surface area (Å²) < 4.78 is 0. The van der Waals surface area contributed by atoms with Gasteiger partial charge in [-0.05, 0) is 19.8 Å². The molecule has 19 heavy (non-hydrogen) atoms. The first-order valence-corrected chi connectivity index (χ1v) is 6.94. The van der Waals surface area contributed by atoms with Gasteiger partial charge in [-0.15, -0.1) is 11.3 Å². The highest BCUT2D eigenvalue weighted by Gasteiger charge is 2.34. The number of carbonyl (C=O) groups is 2. The second-order valence-electron chi connectivity index (χ2n) is 5.09. The molecule has 1 aromatic rings. The van der Waals surface area contributed by atoms with E-state index >= 15 is 0 Å². The lowest BCUT2D eigenvalue weighted by atomic mass is 9.83. The van der Waals surface area contributed by atoms with Crippen molar-refractivity contribution in [3.05, 3.63) is 16.1 Å². The molecule has 0 N–H and O–H groups in total. The predicted molar refractivity (Wildman–Crippen MR) is 71.0 cm³/mol. The second kappa shape index (κ2) is 5.10. The third-order valence-corrected chi connectivity index (χ3v) is 4.36. The Morgan fingerprint density at radius 2 is 2.32 bits per heavy atom. The number of nitriles is 1. The summed E-state index contributed by atoms with van der Waals surface area (Å²) in [5, 5.41) is 9.51. The maximum absolute atomic E-state index is 12.3. The van der Waals surface area contributed by atoms with Gasteiger partial charge in [-0.3, -0.25) is 9.59 Å². The minimum atomic E-state index is -0.470. The van der Waals surface area contributed by atoms with Crippen molar-refractivity contribution in [3.8, 4) is 6.07 Å². The molecule has 0 radical (unpaired) electrons. The first kappa shape index (κ1) is 13.7. The number of thiazole rings is 1. The molecule has 1 saturated heterocycles. The molecule has 1 aromatic heterocycles. The first-order chi connectivity index (χ1) is 8.95. The summed E-state index contributed by atoms with van der Waals surface area (Å²) >= 11 is 1.12. The molecule has 0 aromatic carbocycles. The number of hydrogen-bond donors (Lipinski definition) is 0. The van der Waals surface area contributed by atoms with Crippen LogP contribution in [0.15, 0.2) is 6.20 Å². The summed E-state index contributed by atoms with van der Waals surface area (Å²) in [5.41, 5.74) is -0.470. The summed E-state index contributed by atoms with van der Waals surface area (Å²) in [5.74, 6) is -0.268. The lowest BCUT2D eigenvalue weighted by Crippen LogP contribution is -2.44. The summed E-state index contributed by atoms with van der Waals surface area (Å²) in [6, 6.07) is 2.28. The minimum absolute atomic E-state index is 0.133. The third-order valence-electron chi connectivity index (χ3n) is 3.27. The zero-order valence-electron chi connectivity index (χ0n) is 11.0. The van der Waals surface area contributed by atoms with Crippen LogP contribution in [-0.4, -0.2) is 34.7 Å². The van der Waals surface area contributed by atoms with Gasteiger partial charge in [-0.2, -0.15) is 5.26 Å². The van der Waals surface area contributed by atoms with E-state index in [1.165, 1.54) is 13.1 Å². The fraction of sp³-hybridized carbons (Fsp3) is 0.538. The molecule has 5 nitrogen and oxygen atoms in total. The van der Waals surface area contributed by atoms with Crippen LogP contribution in [-0.2, 0) is 0 Å². The Kier molecular flexibility index (Phi) is 3.67. The van der Waals surface area contributed by atoms with E-state index < -0.39 is 5.41 Å². The molecule has 1 amide bonds. The summed E-state index contributed by atoms with van der Waals surface area (Å²) in [6.45, 7) is 4.40. The SMILES string of the molecule is CC(=O)c1ncc(C(=O)N2CCC[C@](C)(C#N)C2)s1. The van der Waals surface area contributed by atoms with Crippen LogP contribution in [0.5, 0.6) is 0 Å². The van der Waals surface area contributed by atoms with Gasteiger partial charge in [0.15, 0.2) is 10.8 Å². The number of carbonyl (C=O) groups excluding carboxylic acids is 2. The molecule has 0 unspecified atom stereocenters. The van der Waals surface area contributed by atoms with Gasteiger partial charge < -0.3 is 4.90 Å². The van der Waals surface area contributed by atoms with Crippen molar-refractivity contribution in [2.75, 3.05) is 13.1 Å². The molecule has 0 spiro atoms. The van der Waals surface area contributed by atoms with Crippen LogP contribution in [0.4, 0.5) is 0 Å². The molecule has 0 bridgehead atoms. The van der Waals surface area contributed by atoms with E-state index in [0.717, 1.165) is 24.2 Å². The van der Waals surface area contributed by atoms with Crippen LogP contribution in [0.1, 0.15) is 46.2 Å². The van der Waals surface area contributed by atoms with Crippen LogP contribution < -0.4 is 0 Å². The number of likely N-dealkylation sites (tertiary alicyclic amines) is 1. The number of piperidine rings is 1. The van der Waals surface area contributed by atoms with Gasteiger partial charge in [0.2, 0.25) is 0 Å². The molecule has 1 aliphatic heterocycles. The van der Waals surface area contributed by atoms with Crippen LogP contribution in [0.2, 0.25) is 0 Å². The van der Waals surface area contributed by atoms with Gasteiger partial charge in [0.1, 0.15) is 4.88 Å². The number of nitrogens with zero attached hydrogens (tertiary/aromatic N) is 3. The predicted octanol–water partition coefficient (Wildman–Crippen LogP) is 2.11. The number of rotatable bonds is 2. The number of ketones is 1. The minimum Gasteiger partial charge on any atom is -0.336 e. The van der Waals surface area contributed by atoms with Gasteiger partial charge in [0, 0.05) is 20.0 Å². The number of aromatic nitrogens is 1. The monoisotopic (exact) mass is 277 g/mol. The van der Waals surface area contributed by atoms with E-state index in [2.05, 4.69) is 11.1 Å². The van der Waals surface area contributed by atoms with E-state index in [4.69, 9.17) is 5.26 Å². The summed E-state index contributed by atoms with van der Waals surface area (Å²) in [7, 11) is 0. The van der Waals surface area contributed by atoms with Crippen LogP contribution >= 0.6 is 11.3 Å². The summed E-state index contributed by atoms with van der Waals surface area (Å²) in [6.07, 6.45) is 3.09. The highest BCUT2D eigenvalue weighted by Crippen LogP contribution is 2.29. The molecular weight excluding hydrogens is 262 g/mol.